The molecular formula is C21H34N6O3. The third-order valence-corrected chi connectivity index (χ3v) is 6.03. The van der Waals surface area contributed by atoms with E-state index in [0.29, 0.717) is 39.1 Å². The average Bonchev–Trinajstić information content (AvgIpc) is 3.11. The van der Waals surface area contributed by atoms with Gasteiger partial charge in [0.05, 0.1) is 12.3 Å². The van der Waals surface area contributed by atoms with Crippen molar-refractivity contribution < 1.29 is 14.3 Å². The number of primary amides is 1. The summed E-state index contributed by atoms with van der Waals surface area (Å²) < 4.78 is 5.13. The van der Waals surface area contributed by atoms with E-state index < -0.39 is 0 Å². The van der Waals surface area contributed by atoms with Crippen LogP contribution in [-0.2, 0) is 14.3 Å². The molecule has 2 fully saturated rings. The van der Waals surface area contributed by atoms with E-state index in [1.54, 1.807) is 7.11 Å². The smallest absolute Gasteiger partial charge is 0.223 e. The largest absolute Gasteiger partial charge is 0.383 e. The fourth-order valence-corrected chi connectivity index (χ4v) is 4.16. The summed E-state index contributed by atoms with van der Waals surface area (Å²) in [5.41, 5.74) is 6.22. The second-order valence-corrected chi connectivity index (χ2v) is 8.47. The van der Waals surface area contributed by atoms with Gasteiger partial charge in [-0.2, -0.15) is 0 Å². The molecule has 9 nitrogen and oxygen atoms in total. The summed E-state index contributed by atoms with van der Waals surface area (Å²) in [6.45, 7) is 4.38. The van der Waals surface area contributed by atoms with Crippen LogP contribution in [0, 0.1) is 0 Å². The van der Waals surface area contributed by atoms with E-state index in [1.165, 1.54) is 0 Å². The van der Waals surface area contributed by atoms with Crippen LogP contribution in [-0.4, -0.2) is 92.1 Å². The minimum absolute atomic E-state index is 0.0884. The number of nitrogens with zero attached hydrogens (tertiary/aromatic N) is 5. The van der Waals surface area contributed by atoms with Crippen LogP contribution in [0.15, 0.2) is 6.07 Å². The Balaban J connectivity index is 1.71. The van der Waals surface area contributed by atoms with Crippen molar-refractivity contribution in [3.63, 3.8) is 0 Å². The van der Waals surface area contributed by atoms with Crippen molar-refractivity contribution in [3.05, 3.63) is 17.6 Å². The maximum Gasteiger partial charge on any atom is 0.223 e. The van der Waals surface area contributed by atoms with Gasteiger partial charge in [-0.25, -0.2) is 9.97 Å². The van der Waals surface area contributed by atoms with E-state index in [1.807, 2.05) is 30.0 Å². The Morgan fingerprint density at radius 2 is 1.97 bits per heavy atom. The van der Waals surface area contributed by atoms with Gasteiger partial charge in [-0.05, 0) is 25.9 Å². The zero-order chi connectivity index (χ0) is 21.7. The molecule has 1 aromatic heterocycles. The van der Waals surface area contributed by atoms with Crippen LogP contribution < -0.4 is 10.6 Å². The van der Waals surface area contributed by atoms with Crippen LogP contribution in [0.3, 0.4) is 0 Å². The first kappa shape index (κ1) is 22.4. The lowest BCUT2D eigenvalue weighted by Crippen LogP contribution is -2.35. The number of aromatic nitrogens is 2. The fraction of sp³-hybridized carbons (Fsp3) is 0.714. The van der Waals surface area contributed by atoms with Crippen molar-refractivity contribution in [1.82, 2.24) is 19.8 Å². The van der Waals surface area contributed by atoms with E-state index >= 15 is 0 Å². The molecule has 0 unspecified atom stereocenters. The maximum atomic E-state index is 12.4. The molecule has 0 saturated carbocycles. The van der Waals surface area contributed by atoms with E-state index in [0.717, 1.165) is 43.3 Å². The van der Waals surface area contributed by atoms with Gasteiger partial charge in [0.25, 0.3) is 0 Å². The molecule has 30 heavy (non-hydrogen) atoms. The van der Waals surface area contributed by atoms with E-state index in [2.05, 4.69) is 4.90 Å². The minimum Gasteiger partial charge on any atom is -0.383 e. The number of methoxy groups -OCH3 is 1. The molecule has 3 heterocycles. The molecule has 0 spiro atoms. The zero-order valence-electron chi connectivity index (χ0n) is 18.3. The van der Waals surface area contributed by atoms with Crippen LogP contribution in [0.2, 0.25) is 0 Å². The predicted octanol–water partition coefficient (Wildman–Crippen LogP) is 0.560. The molecule has 3 rings (SSSR count). The number of ether oxygens (including phenoxy) is 1. The van der Waals surface area contributed by atoms with Crippen molar-refractivity contribution in [2.75, 3.05) is 65.4 Å². The number of likely N-dealkylation sites (tertiary alicyclic amines) is 2. The van der Waals surface area contributed by atoms with Crippen molar-refractivity contribution in [2.45, 2.75) is 37.5 Å². The van der Waals surface area contributed by atoms with Crippen LogP contribution >= 0.6 is 0 Å². The molecule has 0 aliphatic carbocycles. The van der Waals surface area contributed by atoms with E-state index in [4.69, 9.17) is 20.4 Å². The third kappa shape index (κ3) is 5.66. The number of anilines is 1. The molecule has 2 amide bonds. The molecule has 0 radical (unpaired) electrons. The molecule has 166 valence electrons. The lowest BCUT2D eigenvalue weighted by atomic mass is 9.95. The first-order valence-corrected chi connectivity index (χ1v) is 10.7. The number of hydrogen-bond donors (Lipinski definition) is 1. The molecule has 0 aromatic carbocycles. The summed E-state index contributed by atoms with van der Waals surface area (Å²) >= 11 is 0. The highest BCUT2D eigenvalue weighted by Crippen LogP contribution is 2.32. The molecule has 2 aliphatic heterocycles. The van der Waals surface area contributed by atoms with E-state index in [-0.39, 0.29) is 23.7 Å². The van der Waals surface area contributed by atoms with Crippen LogP contribution in [0.4, 0.5) is 5.82 Å². The summed E-state index contributed by atoms with van der Waals surface area (Å²) in [6.07, 6.45) is 2.80. The number of amides is 2. The number of nitrogens with two attached hydrogens (primary N) is 1. The Hall–Kier alpha value is -2.26. The van der Waals surface area contributed by atoms with Gasteiger partial charge in [0.15, 0.2) is 0 Å². The van der Waals surface area contributed by atoms with Gasteiger partial charge in [-0.1, -0.05) is 0 Å². The molecule has 2 aliphatic rings. The van der Waals surface area contributed by atoms with Gasteiger partial charge >= 0.3 is 0 Å². The van der Waals surface area contributed by atoms with Gasteiger partial charge < -0.3 is 25.2 Å². The normalized spacial score (nSPS) is 20.7. The summed E-state index contributed by atoms with van der Waals surface area (Å²) in [5, 5.41) is 0. The van der Waals surface area contributed by atoms with Crippen LogP contribution in [0.1, 0.15) is 49.0 Å². The topological polar surface area (TPSA) is 105 Å². The zero-order valence-corrected chi connectivity index (χ0v) is 18.3. The molecule has 2 saturated heterocycles. The quantitative estimate of drug-likeness (QED) is 0.625. The summed E-state index contributed by atoms with van der Waals surface area (Å²) in [4.78, 5) is 39.3. The first-order chi connectivity index (χ1) is 14.4. The van der Waals surface area contributed by atoms with Gasteiger partial charge in [0.1, 0.15) is 11.6 Å². The Morgan fingerprint density at radius 1 is 1.23 bits per heavy atom. The summed E-state index contributed by atoms with van der Waals surface area (Å²) in [6, 6.07) is 2.02. The van der Waals surface area contributed by atoms with Gasteiger partial charge in [-0.3, -0.25) is 9.59 Å². The van der Waals surface area contributed by atoms with Gasteiger partial charge in [-0.15, -0.1) is 0 Å². The highest BCUT2D eigenvalue weighted by molar-refractivity contribution is 5.79. The molecule has 0 bridgehead atoms. The van der Waals surface area contributed by atoms with Crippen molar-refractivity contribution in [3.8, 4) is 0 Å². The van der Waals surface area contributed by atoms with Gasteiger partial charge in [0.2, 0.25) is 11.8 Å². The fourth-order valence-electron chi connectivity index (χ4n) is 4.16. The number of hydrogen-bond acceptors (Lipinski definition) is 7. The molecule has 1 atom stereocenters. The average molecular weight is 419 g/mol. The Labute approximate surface area is 178 Å². The standard InChI is InChI=1S/C21H34N6O3/c1-25(2)19-13-17(16-12-20(29)27(14-16)10-11-30-3)23-21(24-19)15-4-7-26(8-5-15)9-6-18(22)28/h13,15-16H,4-12,14H2,1-3H3,(H2,22,28)/t16-/m1/s1. The molecule has 9 heteroatoms. The molecular weight excluding hydrogens is 384 g/mol. The Bertz CT molecular complexity index is 748. The number of carbonyl (C=O) groups excluding carboxylic acids is 2. The van der Waals surface area contributed by atoms with Crippen molar-refractivity contribution in [1.29, 1.82) is 0 Å². The Morgan fingerprint density at radius 3 is 2.60 bits per heavy atom. The van der Waals surface area contributed by atoms with Crippen LogP contribution in [0.5, 0.6) is 0 Å². The monoisotopic (exact) mass is 418 g/mol. The third-order valence-electron chi connectivity index (χ3n) is 6.03. The lowest BCUT2D eigenvalue weighted by Gasteiger charge is -2.31. The lowest BCUT2D eigenvalue weighted by molar-refractivity contribution is -0.128. The SMILES string of the molecule is COCCN1C[C@H](c2cc(N(C)C)nc(C3CCN(CCC(N)=O)CC3)n2)CC1=O. The summed E-state index contributed by atoms with van der Waals surface area (Å²) in [7, 11) is 5.61. The highest BCUT2D eigenvalue weighted by Gasteiger charge is 2.33. The van der Waals surface area contributed by atoms with E-state index in [9.17, 15) is 9.59 Å². The predicted molar refractivity (Wildman–Crippen MR) is 114 cm³/mol. The number of piperidine rings is 1. The molecule has 1 aromatic rings. The first-order valence-electron chi connectivity index (χ1n) is 10.7. The van der Waals surface area contributed by atoms with Crippen LogP contribution in [0.25, 0.3) is 0 Å². The number of rotatable bonds is 9. The second-order valence-electron chi connectivity index (χ2n) is 8.47. The minimum atomic E-state index is -0.255. The molecule has 2 N–H and O–H groups in total. The van der Waals surface area contributed by atoms with Crippen molar-refractivity contribution in [2.24, 2.45) is 5.73 Å². The van der Waals surface area contributed by atoms with Gasteiger partial charge in [0, 0.05) is 71.6 Å². The highest BCUT2D eigenvalue weighted by atomic mass is 16.5. The Kier molecular flexibility index (Phi) is 7.60. The number of carbonyl (C=O) groups is 2. The summed E-state index contributed by atoms with van der Waals surface area (Å²) in [5.74, 6) is 2.03. The maximum absolute atomic E-state index is 12.4. The second kappa shape index (κ2) is 10.2. The van der Waals surface area contributed by atoms with Crippen molar-refractivity contribution >= 4 is 17.6 Å².